The van der Waals surface area contributed by atoms with E-state index in [2.05, 4.69) is 17.4 Å². The third-order valence-corrected chi connectivity index (χ3v) is 4.07. The van der Waals surface area contributed by atoms with Gasteiger partial charge < -0.3 is 5.32 Å². The van der Waals surface area contributed by atoms with Crippen LogP contribution in [0.5, 0.6) is 0 Å². The van der Waals surface area contributed by atoms with Crippen molar-refractivity contribution in [2.45, 2.75) is 32.1 Å². The lowest BCUT2D eigenvalue weighted by Gasteiger charge is -2.23. The topological polar surface area (TPSA) is 24.9 Å². The molecular weight excluding hydrogens is 263 g/mol. The number of aryl methyl sites for hydroxylation is 1. The lowest BCUT2D eigenvalue weighted by Crippen LogP contribution is -2.29. The molecule has 1 atom stereocenters. The number of halogens is 1. The minimum Gasteiger partial charge on any atom is -0.316 e. The molecule has 1 aromatic carbocycles. The summed E-state index contributed by atoms with van der Waals surface area (Å²) in [6.07, 6.45) is 3.25. The molecule has 0 radical (unpaired) electrons. The summed E-state index contributed by atoms with van der Waals surface area (Å²) in [5.41, 5.74) is 4.65. The van der Waals surface area contributed by atoms with Crippen molar-refractivity contribution in [2.24, 2.45) is 0 Å². The van der Waals surface area contributed by atoms with Gasteiger partial charge in [0.1, 0.15) is 5.82 Å². The highest BCUT2D eigenvalue weighted by Crippen LogP contribution is 2.23. The van der Waals surface area contributed by atoms with Gasteiger partial charge in [0.05, 0.1) is 0 Å². The molecule has 0 unspecified atom stereocenters. The van der Waals surface area contributed by atoms with Gasteiger partial charge in [-0.2, -0.15) is 0 Å². The normalized spacial score (nSPS) is 18.7. The molecule has 110 valence electrons. The molecule has 2 nitrogen and oxygen atoms in total. The molecule has 3 rings (SSSR count). The number of aromatic nitrogens is 1. The molecule has 3 heteroatoms. The van der Waals surface area contributed by atoms with E-state index in [4.69, 9.17) is 4.98 Å². The van der Waals surface area contributed by atoms with Gasteiger partial charge in [-0.3, -0.25) is 4.98 Å². The zero-order chi connectivity index (χ0) is 14.7. The fourth-order valence-corrected chi connectivity index (χ4v) is 3.02. The van der Waals surface area contributed by atoms with Gasteiger partial charge in [-0.25, -0.2) is 4.39 Å². The Morgan fingerprint density at radius 1 is 1.19 bits per heavy atom. The van der Waals surface area contributed by atoms with Crippen LogP contribution in [0.3, 0.4) is 0 Å². The second kappa shape index (κ2) is 6.35. The molecule has 0 aliphatic carbocycles. The molecule has 0 bridgehead atoms. The quantitative estimate of drug-likeness (QED) is 0.931. The number of piperidine rings is 1. The summed E-state index contributed by atoms with van der Waals surface area (Å²) in [5, 5.41) is 3.45. The molecule has 2 heterocycles. The first-order valence-corrected chi connectivity index (χ1v) is 7.63. The van der Waals surface area contributed by atoms with Crippen molar-refractivity contribution in [3.8, 4) is 0 Å². The molecule has 0 amide bonds. The predicted molar refractivity (Wildman–Crippen MR) is 83.0 cm³/mol. The van der Waals surface area contributed by atoms with Crippen LogP contribution in [0.2, 0.25) is 0 Å². The Morgan fingerprint density at radius 3 is 2.71 bits per heavy atom. The highest BCUT2D eigenvalue weighted by molar-refractivity contribution is 5.30. The SMILES string of the molecule is Cc1cc(Cc2ccc(F)cc2)cc([C@H]2CCCNC2)n1. The van der Waals surface area contributed by atoms with Gasteiger partial charge in [0.15, 0.2) is 0 Å². The fourth-order valence-electron chi connectivity index (χ4n) is 3.02. The largest absolute Gasteiger partial charge is 0.316 e. The van der Waals surface area contributed by atoms with Gasteiger partial charge in [-0.05, 0) is 68.1 Å². The average molecular weight is 284 g/mol. The van der Waals surface area contributed by atoms with Crippen molar-refractivity contribution in [1.82, 2.24) is 10.3 Å². The van der Waals surface area contributed by atoms with E-state index in [1.165, 1.54) is 36.2 Å². The molecule has 1 fully saturated rings. The van der Waals surface area contributed by atoms with Crippen LogP contribution in [0.15, 0.2) is 36.4 Å². The molecule has 1 aliphatic heterocycles. The second-order valence-electron chi connectivity index (χ2n) is 5.89. The average Bonchev–Trinajstić information content (AvgIpc) is 2.50. The van der Waals surface area contributed by atoms with Crippen LogP contribution in [-0.4, -0.2) is 18.1 Å². The summed E-state index contributed by atoms with van der Waals surface area (Å²) in [6, 6.07) is 11.1. The van der Waals surface area contributed by atoms with E-state index in [-0.39, 0.29) is 5.82 Å². The number of nitrogens with zero attached hydrogens (tertiary/aromatic N) is 1. The summed E-state index contributed by atoms with van der Waals surface area (Å²) in [7, 11) is 0. The first kappa shape index (κ1) is 14.2. The van der Waals surface area contributed by atoms with Crippen LogP contribution >= 0.6 is 0 Å². The van der Waals surface area contributed by atoms with Gasteiger partial charge in [0, 0.05) is 23.9 Å². The monoisotopic (exact) mass is 284 g/mol. The van der Waals surface area contributed by atoms with Crippen molar-refractivity contribution in [1.29, 1.82) is 0 Å². The van der Waals surface area contributed by atoms with Gasteiger partial charge in [0.2, 0.25) is 0 Å². The third-order valence-electron chi connectivity index (χ3n) is 4.07. The number of benzene rings is 1. The summed E-state index contributed by atoms with van der Waals surface area (Å²) in [6.45, 7) is 4.19. The number of rotatable bonds is 3. The maximum atomic E-state index is 13.0. The van der Waals surface area contributed by atoms with Crippen LogP contribution in [0.4, 0.5) is 4.39 Å². The molecule has 2 aromatic rings. The van der Waals surface area contributed by atoms with E-state index in [0.717, 1.165) is 30.8 Å². The van der Waals surface area contributed by atoms with Crippen molar-refractivity contribution in [3.63, 3.8) is 0 Å². The smallest absolute Gasteiger partial charge is 0.123 e. The minimum absolute atomic E-state index is 0.182. The van der Waals surface area contributed by atoms with E-state index in [1.54, 1.807) is 0 Å². The number of pyridine rings is 1. The Kier molecular flexibility index (Phi) is 4.30. The first-order valence-electron chi connectivity index (χ1n) is 7.63. The molecule has 1 aliphatic rings. The Labute approximate surface area is 125 Å². The molecule has 0 saturated carbocycles. The summed E-state index contributed by atoms with van der Waals surface area (Å²) in [5.74, 6) is 0.337. The number of hydrogen-bond acceptors (Lipinski definition) is 2. The maximum absolute atomic E-state index is 13.0. The highest BCUT2D eigenvalue weighted by atomic mass is 19.1. The number of hydrogen-bond donors (Lipinski definition) is 1. The van der Waals surface area contributed by atoms with E-state index >= 15 is 0 Å². The Hall–Kier alpha value is -1.74. The maximum Gasteiger partial charge on any atom is 0.123 e. The third kappa shape index (κ3) is 3.67. The van der Waals surface area contributed by atoms with E-state index in [9.17, 15) is 4.39 Å². The van der Waals surface area contributed by atoms with Crippen LogP contribution in [0.1, 0.15) is 41.3 Å². The standard InChI is InChI=1S/C18H21FN2/c1-13-9-15(10-14-4-6-17(19)7-5-14)11-18(21-13)16-3-2-8-20-12-16/h4-7,9,11,16,20H,2-3,8,10,12H2,1H3/t16-/m0/s1. The molecule has 1 saturated heterocycles. The zero-order valence-electron chi connectivity index (χ0n) is 12.4. The molecular formula is C18H21FN2. The van der Waals surface area contributed by atoms with E-state index in [0.29, 0.717) is 5.92 Å². The van der Waals surface area contributed by atoms with Crippen molar-refractivity contribution in [3.05, 3.63) is 64.7 Å². The van der Waals surface area contributed by atoms with Crippen molar-refractivity contribution in [2.75, 3.05) is 13.1 Å². The van der Waals surface area contributed by atoms with Crippen LogP contribution in [-0.2, 0) is 6.42 Å². The predicted octanol–water partition coefficient (Wildman–Crippen LogP) is 3.59. The summed E-state index contributed by atoms with van der Waals surface area (Å²) >= 11 is 0. The van der Waals surface area contributed by atoms with E-state index in [1.807, 2.05) is 19.1 Å². The van der Waals surface area contributed by atoms with Gasteiger partial charge in [-0.1, -0.05) is 12.1 Å². The number of nitrogens with one attached hydrogen (secondary N) is 1. The molecule has 21 heavy (non-hydrogen) atoms. The Balaban J connectivity index is 1.81. The van der Waals surface area contributed by atoms with Crippen LogP contribution < -0.4 is 5.32 Å². The summed E-state index contributed by atoms with van der Waals surface area (Å²) < 4.78 is 13.0. The second-order valence-corrected chi connectivity index (χ2v) is 5.89. The van der Waals surface area contributed by atoms with Crippen molar-refractivity contribution < 1.29 is 4.39 Å². The Bertz CT molecular complexity index is 601. The van der Waals surface area contributed by atoms with Crippen molar-refractivity contribution >= 4 is 0 Å². The minimum atomic E-state index is -0.182. The van der Waals surface area contributed by atoms with Gasteiger partial charge in [-0.15, -0.1) is 0 Å². The summed E-state index contributed by atoms with van der Waals surface area (Å²) in [4.78, 5) is 4.71. The fraction of sp³-hybridized carbons (Fsp3) is 0.389. The van der Waals surface area contributed by atoms with Crippen LogP contribution in [0.25, 0.3) is 0 Å². The lowest BCUT2D eigenvalue weighted by atomic mass is 9.93. The van der Waals surface area contributed by atoms with E-state index < -0.39 is 0 Å². The van der Waals surface area contributed by atoms with Crippen LogP contribution in [0, 0.1) is 12.7 Å². The molecule has 1 N–H and O–H groups in total. The zero-order valence-corrected chi connectivity index (χ0v) is 12.4. The highest BCUT2D eigenvalue weighted by Gasteiger charge is 2.17. The Morgan fingerprint density at radius 2 is 2.00 bits per heavy atom. The molecule has 0 spiro atoms. The first-order chi connectivity index (χ1) is 10.2. The molecule has 1 aromatic heterocycles. The van der Waals surface area contributed by atoms with Gasteiger partial charge >= 0.3 is 0 Å². The van der Waals surface area contributed by atoms with Gasteiger partial charge in [0.25, 0.3) is 0 Å². The lowest BCUT2D eigenvalue weighted by molar-refractivity contribution is 0.454.